The van der Waals surface area contributed by atoms with Crippen molar-refractivity contribution >= 4 is 29.0 Å². The van der Waals surface area contributed by atoms with Gasteiger partial charge >= 0.3 is 0 Å². The highest BCUT2D eigenvalue weighted by Crippen LogP contribution is 2.45. The van der Waals surface area contributed by atoms with Crippen LogP contribution in [0.1, 0.15) is 59.3 Å². The number of hydrogen-bond donors (Lipinski definition) is 5. The Bertz CT molecular complexity index is 800. The third-order valence-electron chi connectivity index (χ3n) is 6.10. The summed E-state index contributed by atoms with van der Waals surface area (Å²) in [5.74, 6) is -1.11. The molecule has 2 amide bonds. The first-order chi connectivity index (χ1) is 15.1. The van der Waals surface area contributed by atoms with Crippen molar-refractivity contribution in [2.24, 2.45) is 17.6 Å². The Morgan fingerprint density at radius 3 is 2.21 bits per heavy atom. The Morgan fingerprint density at radius 2 is 1.70 bits per heavy atom. The van der Waals surface area contributed by atoms with Crippen molar-refractivity contribution in [1.82, 2.24) is 10.6 Å². The van der Waals surface area contributed by atoms with Crippen molar-refractivity contribution in [1.29, 1.82) is 0 Å². The number of rotatable bonds is 13. The minimum absolute atomic E-state index is 0.0303. The van der Waals surface area contributed by atoms with Crippen molar-refractivity contribution in [3.63, 3.8) is 0 Å². The van der Waals surface area contributed by atoms with Crippen LogP contribution in [0.4, 0.5) is 0 Å². The standard InChI is InChI=1S/C21H42N3O7PS/c1-14(2)10-18(24-21(27)19(22)15(3)33(4,30)31)20(26)23-11-17(25)13-32(28,29)12-16-8-6-5-7-9-16/h14-19,25H,5-13,22H2,1-4H3,(H,23,26)(H,24,27)(H,28,29)/t15?,17-,18-,19?/m0/s1. The lowest BCUT2D eigenvalue weighted by atomic mass is 9.91. The Morgan fingerprint density at radius 1 is 1.12 bits per heavy atom. The van der Waals surface area contributed by atoms with E-state index in [9.17, 15) is 32.6 Å². The second-order valence-electron chi connectivity index (χ2n) is 9.87. The Kier molecular flexibility index (Phi) is 12.0. The van der Waals surface area contributed by atoms with E-state index in [4.69, 9.17) is 5.73 Å². The molecule has 1 aliphatic carbocycles. The third kappa shape index (κ3) is 11.3. The van der Waals surface area contributed by atoms with Gasteiger partial charge in [0.25, 0.3) is 0 Å². The number of carbonyl (C=O) groups excluding carboxylic acids is 2. The second kappa shape index (κ2) is 13.2. The maximum absolute atomic E-state index is 12.7. The largest absolute Gasteiger partial charge is 0.391 e. The smallest absolute Gasteiger partial charge is 0.242 e. The quantitative estimate of drug-likeness (QED) is 0.223. The van der Waals surface area contributed by atoms with E-state index < -0.39 is 52.5 Å². The third-order valence-corrected chi connectivity index (χ3v) is 9.82. The minimum Gasteiger partial charge on any atom is -0.391 e. The Balaban J connectivity index is 2.65. The Hall–Kier alpha value is -1.00. The molecule has 0 aromatic rings. The average molecular weight is 512 g/mol. The maximum atomic E-state index is 12.7. The zero-order chi connectivity index (χ0) is 25.4. The summed E-state index contributed by atoms with van der Waals surface area (Å²) in [5, 5.41) is 14.1. The molecule has 194 valence electrons. The van der Waals surface area contributed by atoms with E-state index in [1.165, 1.54) is 6.92 Å². The highest BCUT2D eigenvalue weighted by Gasteiger charge is 2.32. The first-order valence-corrected chi connectivity index (χ1v) is 15.6. The molecule has 0 heterocycles. The van der Waals surface area contributed by atoms with E-state index in [2.05, 4.69) is 10.6 Å². The lowest BCUT2D eigenvalue weighted by Crippen LogP contribution is -2.56. The van der Waals surface area contributed by atoms with E-state index in [-0.39, 0.29) is 37.1 Å². The van der Waals surface area contributed by atoms with Crippen LogP contribution in [0.5, 0.6) is 0 Å². The van der Waals surface area contributed by atoms with Crippen molar-refractivity contribution < 1.29 is 32.6 Å². The first kappa shape index (κ1) is 30.0. The van der Waals surface area contributed by atoms with Crippen LogP contribution in [0.15, 0.2) is 0 Å². The molecule has 12 heteroatoms. The fourth-order valence-electron chi connectivity index (χ4n) is 4.03. The highest BCUT2D eigenvalue weighted by molar-refractivity contribution is 7.91. The van der Waals surface area contributed by atoms with Gasteiger partial charge in [0, 0.05) is 19.0 Å². The van der Waals surface area contributed by atoms with Gasteiger partial charge in [-0.3, -0.25) is 14.2 Å². The first-order valence-electron chi connectivity index (χ1n) is 11.6. The molecule has 6 N–H and O–H groups in total. The lowest BCUT2D eigenvalue weighted by Gasteiger charge is -2.26. The summed E-state index contributed by atoms with van der Waals surface area (Å²) in [6.45, 7) is 4.81. The molecule has 5 atom stereocenters. The van der Waals surface area contributed by atoms with Crippen molar-refractivity contribution in [2.75, 3.05) is 25.1 Å². The molecule has 0 aliphatic heterocycles. The van der Waals surface area contributed by atoms with Gasteiger partial charge in [-0.1, -0.05) is 33.1 Å². The van der Waals surface area contributed by atoms with Gasteiger partial charge in [0.1, 0.15) is 12.1 Å². The van der Waals surface area contributed by atoms with E-state index in [0.717, 1.165) is 38.4 Å². The summed E-state index contributed by atoms with van der Waals surface area (Å²) in [6, 6.07) is -2.32. The molecular weight excluding hydrogens is 469 g/mol. The monoisotopic (exact) mass is 511 g/mol. The van der Waals surface area contributed by atoms with E-state index in [1.807, 2.05) is 13.8 Å². The number of aliphatic hydroxyl groups is 1. The number of carbonyl (C=O) groups is 2. The van der Waals surface area contributed by atoms with Crippen LogP contribution < -0.4 is 16.4 Å². The number of nitrogens with two attached hydrogens (primary N) is 1. The van der Waals surface area contributed by atoms with Crippen LogP contribution in [-0.4, -0.2) is 78.8 Å². The van der Waals surface area contributed by atoms with Crippen molar-refractivity contribution in [2.45, 2.75) is 82.7 Å². The molecule has 1 saturated carbocycles. The molecule has 3 unspecified atom stereocenters. The molecule has 0 saturated heterocycles. The highest BCUT2D eigenvalue weighted by atomic mass is 32.2. The van der Waals surface area contributed by atoms with Gasteiger partial charge in [0.15, 0.2) is 9.84 Å². The molecule has 33 heavy (non-hydrogen) atoms. The van der Waals surface area contributed by atoms with Crippen LogP contribution >= 0.6 is 7.37 Å². The van der Waals surface area contributed by atoms with Crippen LogP contribution in [0.2, 0.25) is 0 Å². The normalized spacial score (nSPS) is 21.0. The molecule has 1 rings (SSSR count). The number of hydrogen-bond acceptors (Lipinski definition) is 7. The zero-order valence-electron chi connectivity index (χ0n) is 20.2. The van der Waals surface area contributed by atoms with Gasteiger partial charge in [0.05, 0.1) is 17.5 Å². The Labute approximate surface area is 197 Å². The molecular formula is C21H42N3O7PS. The number of sulfone groups is 1. The summed E-state index contributed by atoms with van der Waals surface area (Å²) in [5.41, 5.74) is 5.77. The van der Waals surface area contributed by atoms with Crippen molar-refractivity contribution in [3.05, 3.63) is 0 Å². The van der Waals surface area contributed by atoms with Crippen LogP contribution in [0.25, 0.3) is 0 Å². The van der Waals surface area contributed by atoms with Gasteiger partial charge in [0.2, 0.25) is 19.2 Å². The molecule has 1 aliphatic rings. The molecule has 0 aromatic carbocycles. The topological polar surface area (TPSA) is 176 Å². The van der Waals surface area contributed by atoms with Gasteiger partial charge in [-0.05, 0) is 38.0 Å². The van der Waals surface area contributed by atoms with E-state index in [1.54, 1.807) is 0 Å². The summed E-state index contributed by atoms with van der Waals surface area (Å²) in [7, 11) is -7.08. The summed E-state index contributed by atoms with van der Waals surface area (Å²) in [6.07, 6.45) is 5.04. The van der Waals surface area contributed by atoms with E-state index in [0.29, 0.717) is 0 Å². The fourth-order valence-corrected chi connectivity index (χ4v) is 6.80. The lowest BCUT2D eigenvalue weighted by molar-refractivity contribution is -0.130. The van der Waals surface area contributed by atoms with E-state index >= 15 is 0 Å². The minimum atomic E-state index is -3.55. The number of aliphatic hydroxyl groups excluding tert-OH is 1. The predicted molar refractivity (Wildman–Crippen MR) is 129 cm³/mol. The predicted octanol–water partition coefficient (Wildman–Crippen LogP) is 0.606. The molecule has 0 bridgehead atoms. The summed E-state index contributed by atoms with van der Waals surface area (Å²) >= 11 is 0. The maximum Gasteiger partial charge on any atom is 0.242 e. The number of amides is 2. The van der Waals surface area contributed by atoms with Crippen LogP contribution in [0.3, 0.4) is 0 Å². The van der Waals surface area contributed by atoms with Crippen molar-refractivity contribution in [3.8, 4) is 0 Å². The molecule has 1 fully saturated rings. The van der Waals surface area contributed by atoms with Crippen LogP contribution in [0, 0.1) is 11.8 Å². The number of nitrogens with one attached hydrogen (secondary N) is 2. The molecule has 0 radical (unpaired) electrons. The van der Waals surface area contributed by atoms with Gasteiger partial charge < -0.3 is 26.4 Å². The SMILES string of the molecule is CC(C)C[C@H](NC(=O)C(N)C(C)S(C)(=O)=O)C(=O)NC[C@H](O)CP(=O)(O)CC1CCCCC1. The van der Waals surface area contributed by atoms with Gasteiger partial charge in [-0.25, -0.2) is 8.42 Å². The molecule has 0 spiro atoms. The van der Waals surface area contributed by atoms with Gasteiger partial charge in [-0.2, -0.15) is 0 Å². The second-order valence-corrected chi connectivity index (χ2v) is 14.7. The van der Waals surface area contributed by atoms with Crippen LogP contribution in [-0.2, 0) is 24.0 Å². The average Bonchev–Trinajstić information content (AvgIpc) is 2.69. The van der Waals surface area contributed by atoms with Gasteiger partial charge in [-0.15, -0.1) is 0 Å². The zero-order valence-corrected chi connectivity index (χ0v) is 21.9. The molecule has 10 nitrogen and oxygen atoms in total. The summed E-state index contributed by atoms with van der Waals surface area (Å²) < 4.78 is 35.9. The fraction of sp³-hybridized carbons (Fsp3) is 0.905. The molecule has 0 aromatic heterocycles. The summed E-state index contributed by atoms with van der Waals surface area (Å²) in [4.78, 5) is 35.4.